The van der Waals surface area contributed by atoms with E-state index >= 15 is 0 Å². The minimum absolute atomic E-state index is 0.0284. The van der Waals surface area contributed by atoms with Crippen LogP contribution in [0, 0.1) is 11.7 Å². The molecule has 2 aromatic carbocycles. The van der Waals surface area contributed by atoms with Crippen LogP contribution in [-0.2, 0) is 21.1 Å². The number of aliphatic hydroxyl groups excluding tert-OH is 1. The molecule has 192 valence electrons. The van der Waals surface area contributed by atoms with Crippen molar-refractivity contribution in [3.8, 4) is 11.5 Å². The Bertz CT molecular complexity index is 1160. The number of hydrogen-bond acceptors (Lipinski definition) is 7. The second kappa shape index (κ2) is 12.1. The Hall–Kier alpha value is -2.98. The number of phenols is 1. The van der Waals surface area contributed by atoms with Gasteiger partial charge in [-0.1, -0.05) is 32.4 Å². The molecule has 0 aliphatic heterocycles. The molecule has 0 amide bonds. The fourth-order valence-electron chi connectivity index (χ4n) is 3.71. The number of aliphatic carboxylic acids is 1. The van der Waals surface area contributed by atoms with Crippen molar-refractivity contribution in [3.63, 3.8) is 0 Å². The summed E-state index contributed by atoms with van der Waals surface area (Å²) < 4.78 is 45.4. The van der Waals surface area contributed by atoms with Crippen molar-refractivity contribution in [1.82, 2.24) is 0 Å². The average Bonchev–Trinajstić information content (AvgIpc) is 2.79. The first-order valence-corrected chi connectivity index (χ1v) is 12.9. The number of benzene rings is 2. The molecule has 0 spiro atoms. The highest BCUT2D eigenvalue weighted by atomic mass is 32.2. The smallest absolute Gasteiger partial charge is 0.303 e. The van der Waals surface area contributed by atoms with Crippen molar-refractivity contribution in [3.05, 3.63) is 52.8 Å². The normalized spacial score (nSPS) is 13.3. The van der Waals surface area contributed by atoms with Gasteiger partial charge in [-0.25, -0.2) is 12.8 Å². The van der Waals surface area contributed by atoms with E-state index in [0.29, 0.717) is 12.0 Å². The van der Waals surface area contributed by atoms with Crippen molar-refractivity contribution in [2.45, 2.75) is 57.5 Å². The van der Waals surface area contributed by atoms with Gasteiger partial charge in [-0.05, 0) is 49.4 Å². The first kappa shape index (κ1) is 28.3. The number of carbonyl (C=O) groups excluding carboxylic acids is 1. The number of carboxylic acids is 1. The minimum atomic E-state index is -3.70. The van der Waals surface area contributed by atoms with Gasteiger partial charge in [0.25, 0.3) is 0 Å². The predicted octanol–water partition coefficient (Wildman–Crippen LogP) is 4.07. The summed E-state index contributed by atoms with van der Waals surface area (Å²) in [5.74, 6) is -3.67. The molecule has 0 fully saturated rings. The molecule has 2 aromatic rings. The number of sulfone groups is 1. The maximum Gasteiger partial charge on any atom is 0.303 e. The Morgan fingerprint density at radius 2 is 1.80 bits per heavy atom. The van der Waals surface area contributed by atoms with E-state index in [1.807, 2.05) is 6.92 Å². The molecule has 0 heterocycles. The molecule has 8 nitrogen and oxygen atoms in total. The van der Waals surface area contributed by atoms with Crippen molar-refractivity contribution in [2.75, 3.05) is 12.4 Å². The summed E-state index contributed by atoms with van der Waals surface area (Å²) >= 11 is 0. The lowest BCUT2D eigenvalue weighted by Gasteiger charge is -2.18. The number of carbonyl (C=O) groups is 2. The summed E-state index contributed by atoms with van der Waals surface area (Å²) in [6.45, 7) is 4.51. The lowest BCUT2D eigenvalue weighted by molar-refractivity contribution is -0.139. The van der Waals surface area contributed by atoms with Gasteiger partial charge in [0.15, 0.2) is 27.2 Å². The molecule has 2 atom stereocenters. The molecule has 0 saturated heterocycles. The largest absolute Gasteiger partial charge is 0.507 e. The molecule has 2 rings (SSSR count). The third-order valence-corrected chi connectivity index (χ3v) is 7.42. The SMILES string of the molecule is CCCc1c(O)c(C(C)=O)cc(F)c1OCCCS(=O)(=O)c1ccc(C(O)C(C)CC(=O)O)cc1. The number of phenolic OH excluding ortho intramolecular Hbond substituents is 1. The molecule has 0 bridgehead atoms. The van der Waals surface area contributed by atoms with Crippen molar-refractivity contribution in [1.29, 1.82) is 0 Å². The zero-order valence-corrected chi connectivity index (χ0v) is 20.8. The molecule has 2 unspecified atom stereocenters. The van der Waals surface area contributed by atoms with E-state index in [-0.39, 0.29) is 59.1 Å². The van der Waals surface area contributed by atoms with E-state index in [1.54, 1.807) is 6.92 Å². The van der Waals surface area contributed by atoms with Gasteiger partial charge in [0.1, 0.15) is 5.75 Å². The molecule has 0 radical (unpaired) electrons. The topological polar surface area (TPSA) is 138 Å². The number of aromatic hydroxyl groups is 1. The number of ether oxygens (including phenoxy) is 1. The summed E-state index contributed by atoms with van der Waals surface area (Å²) in [4.78, 5) is 22.5. The third-order valence-electron chi connectivity index (χ3n) is 5.60. The Morgan fingerprint density at radius 1 is 1.17 bits per heavy atom. The van der Waals surface area contributed by atoms with Gasteiger partial charge in [0.05, 0.1) is 35.3 Å². The molecular weight excluding hydrogens is 479 g/mol. The van der Waals surface area contributed by atoms with Crippen molar-refractivity contribution in [2.24, 2.45) is 5.92 Å². The van der Waals surface area contributed by atoms with Gasteiger partial charge in [-0.2, -0.15) is 0 Å². The third kappa shape index (κ3) is 7.25. The summed E-state index contributed by atoms with van der Waals surface area (Å²) in [6, 6.07) is 6.49. The van der Waals surface area contributed by atoms with Crippen LogP contribution in [0.4, 0.5) is 4.39 Å². The van der Waals surface area contributed by atoms with Gasteiger partial charge in [-0.15, -0.1) is 0 Å². The number of halogens is 1. The summed E-state index contributed by atoms with van der Waals surface area (Å²) in [5, 5.41) is 29.5. The number of ketones is 1. The van der Waals surface area contributed by atoms with Crippen LogP contribution in [0.15, 0.2) is 35.2 Å². The summed E-state index contributed by atoms with van der Waals surface area (Å²) in [7, 11) is -3.70. The highest BCUT2D eigenvalue weighted by Crippen LogP contribution is 2.36. The van der Waals surface area contributed by atoms with E-state index in [9.17, 15) is 32.6 Å². The van der Waals surface area contributed by atoms with E-state index in [4.69, 9.17) is 9.84 Å². The van der Waals surface area contributed by atoms with Gasteiger partial charge < -0.3 is 20.1 Å². The van der Waals surface area contributed by atoms with Crippen LogP contribution >= 0.6 is 0 Å². The Labute approximate surface area is 204 Å². The van der Waals surface area contributed by atoms with E-state index in [1.165, 1.54) is 31.2 Å². The molecule has 35 heavy (non-hydrogen) atoms. The Kier molecular flexibility index (Phi) is 9.79. The lowest BCUT2D eigenvalue weighted by atomic mass is 9.95. The second-order valence-electron chi connectivity index (χ2n) is 8.48. The Morgan fingerprint density at radius 3 is 2.34 bits per heavy atom. The molecule has 10 heteroatoms. The molecule has 0 aliphatic carbocycles. The first-order valence-electron chi connectivity index (χ1n) is 11.3. The molecule has 0 aliphatic rings. The van der Waals surface area contributed by atoms with Gasteiger partial charge in [0.2, 0.25) is 0 Å². The molecule has 0 aromatic heterocycles. The number of carboxylic acid groups (broad SMARTS) is 1. The second-order valence-corrected chi connectivity index (χ2v) is 10.6. The quantitative estimate of drug-likeness (QED) is 0.271. The average molecular weight is 511 g/mol. The fraction of sp³-hybridized carbons (Fsp3) is 0.440. The van der Waals surface area contributed by atoms with Gasteiger partial charge in [0, 0.05) is 5.56 Å². The number of hydrogen-bond donors (Lipinski definition) is 3. The number of aliphatic hydroxyl groups is 1. The molecule has 0 saturated carbocycles. The minimum Gasteiger partial charge on any atom is -0.507 e. The standard InChI is InChI=1S/C25H31FO8S/c1-4-6-19-24(31)20(16(3)27)14-21(26)25(19)34-11-5-12-35(32,33)18-9-7-17(8-10-18)23(30)15(2)13-22(28)29/h7-10,14-15,23,30-31H,4-6,11-13H2,1-3H3,(H,28,29). The highest BCUT2D eigenvalue weighted by molar-refractivity contribution is 7.91. The summed E-state index contributed by atoms with van der Waals surface area (Å²) in [5.41, 5.74) is 0.451. The van der Waals surface area contributed by atoms with Crippen LogP contribution in [0.3, 0.4) is 0 Å². The summed E-state index contributed by atoms with van der Waals surface area (Å²) in [6.07, 6.45) is -0.381. The van der Waals surface area contributed by atoms with Crippen LogP contribution in [0.2, 0.25) is 0 Å². The molecule has 3 N–H and O–H groups in total. The zero-order valence-electron chi connectivity index (χ0n) is 20.0. The fourth-order valence-corrected chi connectivity index (χ4v) is 4.99. The predicted molar refractivity (Wildman–Crippen MR) is 127 cm³/mol. The monoisotopic (exact) mass is 510 g/mol. The molecular formula is C25H31FO8S. The van der Waals surface area contributed by atoms with Crippen LogP contribution in [0.5, 0.6) is 11.5 Å². The van der Waals surface area contributed by atoms with Crippen molar-refractivity contribution >= 4 is 21.6 Å². The van der Waals surface area contributed by atoms with E-state index in [0.717, 1.165) is 6.07 Å². The van der Waals surface area contributed by atoms with Gasteiger partial charge in [-0.3, -0.25) is 9.59 Å². The maximum atomic E-state index is 14.6. The van der Waals surface area contributed by atoms with Crippen LogP contribution in [-0.4, -0.2) is 47.8 Å². The van der Waals surface area contributed by atoms with Crippen molar-refractivity contribution < 1.29 is 42.5 Å². The van der Waals surface area contributed by atoms with Gasteiger partial charge >= 0.3 is 5.97 Å². The van der Waals surface area contributed by atoms with Crippen LogP contribution in [0.1, 0.15) is 67.6 Å². The zero-order chi connectivity index (χ0) is 26.3. The lowest BCUT2D eigenvalue weighted by Crippen LogP contribution is -2.14. The Balaban J connectivity index is 2.06. The number of Topliss-reactive ketones (excluding diaryl/α,β-unsaturated/α-hetero) is 1. The van der Waals surface area contributed by atoms with Crippen LogP contribution in [0.25, 0.3) is 0 Å². The van der Waals surface area contributed by atoms with E-state index in [2.05, 4.69) is 0 Å². The maximum absolute atomic E-state index is 14.6. The number of rotatable bonds is 13. The highest BCUT2D eigenvalue weighted by Gasteiger charge is 2.23. The van der Waals surface area contributed by atoms with E-state index < -0.39 is 39.4 Å². The first-order chi connectivity index (χ1) is 16.4. The van der Waals surface area contributed by atoms with Crippen LogP contribution < -0.4 is 4.74 Å².